The Labute approximate surface area is 63.4 Å². The summed E-state index contributed by atoms with van der Waals surface area (Å²) < 4.78 is 0. The van der Waals surface area contributed by atoms with Gasteiger partial charge in [-0.3, -0.25) is 0 Å². The van der Waals surface area contributed by atoms with Crippen molar-refractivity contribution in [1.82, 2.24) is 10.6 Å². The molecule has 0 bridgehead atoms. The van der Waals surface area contributed by atoms with Crippen LogP contribution in [-0.4, -0.2) is 26.2 Å². The topological polar surface area (TPSA) is 24.1 Å². The minimum Gasteiger partial charge on any atom is -0.318 e. The van der Waals surface area contributed by atoms with Crippen LogP contribution in [0.1, 0.15) is 19.8 Å². The average Bonchev–Trinajstić information content (AvgIpc) is 2.69. The molecule has 1 aliphatic carbocycles. The summed E-state index contributed by atoms with van der Waals surface area (Å²) in [7, 11) is 2.02. The number of hydrogen-bond acceptors (Lipinski definition) is 2. The Morgan fingerprint density at radius 2 is 2.20 bits per heavy atom. The Balaban J connectivity index is 2.13. The first-order valence-corrected chi connectivity index (χ1v) is 4.26. The average molecular weight is 142 g/mol. The maximum absolute atomic E-state index is 3.48. The molecule has 2 nitrogen and oxygen atoms in total. The molecule has 0 heterocycles. The van der Waals surface area contributed by atoms with Gasteiger partial charge in [0, 0.05) is 12.6 Å². The molecule has 0 aromatic heterocycles. The Morgan fingerprint density at radius 1 is 1.50 bits per heavy atom. The third-order valence-corrected chi connectivity index (χ3v) is 2.08. The van der Waals surface area contributed by atoms with E-state index in [0.717, 1.165) is 25.0 Å². The zero-order chi connectivity index (χ0) is 7.40. The van der Waals surface area contributed by atoms with Crippen LogP contribution in [0.25, 0.3) is 0 Å². The van der Waals surface area contributed by atoms with Crippen LogP contribution < -0.4 is 10.6 Å². The molecule has 1 atom stereocenters. The zero-order valence-electron chi connectivity index (χ0n) is 6.98. The minimum absolute atomic E-state index is 0.731. The van der Waals surface area contributed by atoms with E-state index in [4.69, 9.17) is 0 Å². The largest absolute Gasteiger partial charge is 0.318 e. The molecule has 1 unspecified atom stereocenters. The van der Waals surface area contributed by atoms with E-state index in [1.54, 1.807) is 0 Å². The number of rotatable bonds is 5. The molecule has 1 aliphatic rings. The second-order valence-corrected chi connectivity index (χ2v) is 3.06. The van der Waals surface area contributed by atoms with Crippen LogP contribution >= 0.6 is 0 Å². The quantitative estimate of drug-likeness (QED) is 0.587. The Hall–Kier alpha value is -0.0800. The van der Waals surface area contributed by atoms with Crippen molar-refractivity contribution in [1.29, 1.82) is 0 Å². The molecular weight excluding hydrogens is 124 g/mol. The van der Waals surface area contributed by atoms with Gasteiger partial charge in [-0.1, -0.05) is 6.92 Å². The van der Waals surface area contributed by atoms with E-state index in [0.29, 0.717) is 0 Å². The predicted octanol–water partition coefficient (Wildman–Crippen LogP) is 0.594. The van der Waals surface area contributed by atoms with E-state index in [1.807, 2.05) is 7.05 Å². The zero-order valence-corrected chi connectivity index (χ0v) is 6.98. The lowest BCUT2D eigenvalue weighted by molar-refractivity contribution is 0.457. The molecular formula is C8H18N2. The van der Waals surface area contributed by atoms with Gasteiger partial charge in [-0.25, -0.2) is 0 Å². The monoisotopic (exact) mass is 142 g/mol. The smallest absolute Gasteiger partial charge is 0.0220 e. The van der Waals surface area contributed by atoms with Crippen LogP contribution in [0.3, 0.4) is 0 Å². The summed E-state index contributed by atoms with van der Waals surface area (Å²) in [6.45, 7) is 4.40. The lowest BCUT2D eigenvalue weighted by Gasteiger charge is -2.15. The fourth-order valence-electron chi connectivity index (χ4n) is 1.39. The van der Waals surface area contributed by atoms with Crippen molar-refractivity contribution < 1.29 is 0 Å². The maximum Gasteiger partial charge on any atom is 0.0220 e. The van der Waals surface area contributed by atoms with E-state index in [9.17, 15) is 0 Å². The van der Waals surface area contributed by atoms with Gasteiger partial charge in [0.25, 0.3) is 0 Å². The van der Waals surface area contributed by atoms with Gasteiger partial charge < -0.3 is 10.6 Å². The van der Waals surface area contributed by atoms with Crippen LogP contribution in [0.4, 0.5) is 0 Å². The summed E-state index contributed by atoms with van der Waals surface area (Å²) in [6, 6.07) is 0.731. The summed E-state index contributed by atoms with van der Waals surface area (Å²) in [5.41, 5.74) is 0. The van der Waals surface area contributed by atoms with Gasteiger partial charge in [0.1, 0.15) is 0 Å². The molecule has 0 radical (unpaired) electrons. The van der Waals surface area contributed by atoms with Gasteiger partial charge in [0.15, 0.2) is 0 Å². The van der Waals surface area contributed by atoms with Crippen molar-refractivity contribution in [2.24, 2.45) is 5.92 Å². The minimum atomic E-state index is 0.731. The van der Waals surface area contributed by atoms with Crippen molar-refractivity contribution in [2.45, 2.75) is 25.8 Å². The van der Waals surface area contributed by atoms with Crippen molar-refractivity contribution in [2.75, 3.05) is 20.1 Å². The molecule has 0 saturated heterocycles. The van der Waals surface area contributed by atoms with Crippen molar-refractivity contribution in [3.05, 3.63) is 0 Å². The van der Waals surface area contributed by atoms with Crippen LogP contribution in [0.2, 0.25) is 0 Å². The second-order valence-electron chi connectivity index (χ2n) is 3.06. The van der Waals surface area contributed by atoms with Gasteiger partial charge >= 0.3 is 0 Å². The predicted molar refractivity (Wildman–Crippen MR) is 44.1 cm³/mol. The molecule has 1 fully saturated rings. The molecule has 1 rings (SSSR count). The summed E-state index contributed by atoms with van der Waals surface area (Å²) in [5.74, 6) is 0.965. The highest BCUT2D eigenvalue weighted by Crippen LogP contribution is 2.32. The van der Waals surface area contributed by atoms with Gasteiger partial charge in [0.2, 0.25) is 0 Å². The molecule has 0 aromatic rings. The number of hydrogen-bond donors (Lipinski definition) is 2. The van der Waals surface area contributed by atoms with Crippen LogP contribution in [0, 0.1) is 5.92 Å². The molecule has 2 heteroatoms. The lowest BCUT2D eigenvalue weighted by atomic mass is 10.2. The van der Waals surface area contributed by atoms with Crippen molar-refractivity contribution in [3.8, 4) is 0 Å². The first-order valence-electron chi connectivity index (χ1n) is 4.26. The molecule has 10 heavy (non-hydrogen) atoms. The molecule has 0 amide bonds. The molecule has 0 aromatic carbocycles. The summed E-state index contributed by atoms with van der Waals surface area (Å²) >= 11 is 0. The summed E-state index contributed by atoms with van der Waals surface area (Å²) in [6.07, 6.45) is 2.86. The third-order valence-electron chi connectivity index (χ3n) is 2.08. The molecule has 0 spiro atoms. The Kier molecular flexibility index (Phi) is 3.16. The Morgan fingerprint density at radius 3 is 2.60 bits per heavy atom. The highest BCUT2D eigenvalue weighted by molar-refractivity contribution is 4.86. The summed E-state index contributed by atoms with van der Waals surface area (Å²) in [5, 5.41) is 6.69. The maximum atomic E-state index is 3.48. The van der Waals surface area contributed by atoms with E-state index in [2.05, 4.69) is 17.6 Å². The van der Waals surface area contributed by atoms with E-state index >= 15 is 0 Å². The molecule has 60 valence electrons. The van der Waals surface area contributed by atoms with E-state index < -0.39 is 0 Å². The van der Waals surface area contributed by atoms with Crippen molar-refractivity contribution in [3.63, 3.8) is 0 Å². The SMILES string of the molecule is CCNC(CNC)C1CC1. The van der Waals surface area contributed by atoms with Gasteiger partial charge in [-0.05, 0) is 32.4 Å². The first-order chi connectivity index (χ1) is 4.88. The van der Waals surface area contributed by atoms with Crippen molar-refractivity contribution >= 4 is 0 Å². The van der Waals surface area contributed by atoms with Crippen LogP contribution in [0.5, 0.6) is 0 Å². The van der Waals surface area contributed by atoms with Crippen LogP contribution in [0.15, 0.2) is 0 Å². The molecule has 0 aliphatic heterocycles. The lowest BCUT2D eigenvalue weighted by Crippen LogP contribution is -2.38. The summed E-state index contributed by atoms with van der Waals surface area (Å²) in [4.78, 5) is 0. The van der Waals surface area contributed by atoms with E-state index in [-0.39, 0.29) is 0 Å². The normalized spacial score (nSPS) is 21.0. The van der Waals surface area contributed by atoms with Gasteiger partial charge in [-0.2, -0.15) is 0 Å². The van der Waals surface area contributed by atoms with E-state index in [1.165, 1.54) is 12.8 Å². The standard InChI is InChI=1S/C8H18N2/c1-3-10-8(6-9-2)7-4-5-7/h7-10H,3-6H2,1-2H3. The fourth-order valence-corrected chi connectivity index (χ4v) is 1.39. The fraction of sp³-hybridized carbons (Fsp3) is 1.00. The molecule has 2 N–H and O–H groups in total. The number of likely N-dealkylation sites (N-methyl/N-ethyl adjacent to an activating group) is 2. The highest BCUT2D eigenvalue weighted by Gasteiger charge is 2.29. The van der Waals surface area contributed by atoms with Gasteiger partial charge in [0.05, 0.1) is 0 Å². The van der Waals surface area contributed by atoms with Gasteiger partial charge in [-0.15, -0.1) is 0 Å². The Bertz CT molecular complexity index is 83.3. The third kappa shape index (κ3) is 2.27. The molecule has 1 saturated carbocycles. The van der Waals surface area contributed by atoms with Crippen LogP contribution in [-0.2, 0) is 0 Å². The number of nitrogens with one attached hydrogen (secondary N) is 2. The first kappa shape index (κ1) is 8.02. The second kappa shape index (κ2) is 3.94. The highest BCUT2D eigenvalue weighted by atomic mass is 15.0.